The van der Waals surface area contributed by atoms with Crippen molar-refractivity contribution < 1.29 is 26.8 Å². The molecule has 0 spiro atoms. The van der Waals surface area contributed by atoms with Crippen molar-refractivity contribution in [2.45, 2.75) is 38.9 Å². The van der Waals surface area contributed by atoms with Crippen LogP contribution in [0.25, 0.3) is 22.8 Å². The average Bonchev–Trinajstić information content (AvgIpc) is 3.15. The molecule has 0 saturated heterocycles. The van der Waals surface area contributed by atoms with Crippen molar-refractivity contribution in [3.05, 3.63) is 40.5 Å². The Bertz CT molecular complexity index is 1130. The molecule has 1 aliphatic carbocycles. The van der Waals surface area contributed by atoms with Gasteiger partial charge in [-0.25, -0.2) is 4.98 Å². The quantitative estimate of drug-likeness (QED) is 0.462. The zero-order chi connectivity index (χ0) is 22.1. The molecule has 8 nitrogen and oxygen atoms in total. The number of carbonyl (C=O) groups is 1. The van der Waals surface area contributed by atoms with E-state index in [1.807, 2.05) is 13.8 Å². The molecule has 1 aliphatic rings. The molecule has 0 aliphatic heterocycles. The van der Waals surface area contributed by atoms with Crippen LogP contribution in [0.1, 0.15) is 29.5 Å². The van der Waals surface area contributed by atoms with Crippen LogP contribution in [0.2, 0.25) is 10.0 Å². The molecule has 2 heterocycles. The minimum absolute atomic E-state index is 0. The normalized spacial score (nSPS) is 17.4. The molecule has 4 rings (SSSR count). The van der Waals surface area contributed by atoms with Gasteiger partial charge in [0, 0.05) is 11.8 Å². The first-order chi connectivity index (χ1) is 14.8. The molecule has 32 heavy (non-hydrogen) atoms. The number of benzene rings is 1. The van der Waals surface area contributed by atoms with Gasteiger partial charge >= 0.3 is 29.0 Å². The average molecular weight is 491 g/mol. The molecule has 0 unspecified atom stereocenters. The van der Waals surface area contributed by atoms with Gasteiger partial charge in [-0.1, -0.05) is 28.4 Å². The van der Waals surface area contributed by atoms with Gasteiger partial charge in [0.15, 0.2) is 0 Å². The van der Waals surface area contributed by atoms with Crippen molar-refractivity contribution in [2.24, 2.45) is 5.92 Å². The number of aromatic nitrogens is 3. The maximum absolute atomic E-state index is 10.9. The van der Waals surface area contributed by atoms with Crippen molar-refractivity contribution in [2.75, 3.05) is 0 Å². The third kappa shape index (κ3) is 5.45. The van der Waals surface area contributed by atoms with Gasteiger partial charge < -0.3 is 22.0 Å². The van der Waals surface area contributed by atoms with Crippen LogP contribution in [-0.2, 0) is 4.79 Å². The monoisotopic (exact) mass is 489 g/mol. The van der Waals surface area contributed by atoms with E-state index in [1.54, 1.807) is 30.5 Å². The summed E-state index contributed by atoms with van der Waals surface area (Å²) >= 11 is 12.6. The smallest absolute Gasteiger partial charge is 1.00 e. The van der Waals surface area contributed by atoms with Gasteiger partial charge in [0.05, 0.1) is 22.6 Å². The van der Waals surface area contributed by atoms with E-state index in [9.17, 15) is 4.79 Å². The number of ether oxygens (including phenoxy) is 2. The van der Waals surface area contributed by atoms with Crippen molar-refractivity contribution in [3.8, 4) is 34.5 Å². The number of carboxylic acids is 1. The molecule has 3 aromatic rings. The number of halogens is 2. The van der Waals surface area contributed by atoms with E-state index in [1.165, 1.54) is 0 Å². The Labute approximate surface area is 213 Å². The maximum Gasteiger partial charge on any atom is 2.00 e. The predicted octanol–water partition coefficient (Wildman–Crippen LogP) is 4.98. The summed E-state index contributed by atoms with van der Waals surface area (Å²) in [5, 5.41) is 13.7. The van der Waals surface area contributed by atoms with Gasteiger partial charge in [-0.05, 0) is 51.0 Å². The predicted molar refractivity (Wildman–Crippen MR) is 122 cm³/mol. The number of carboxylic acid groups (broad SMARTS) is 1. The topological polar surface area (TPSA) is 108 Å². The molecule has 1 fully saturated rings. The number of pyridine rings is 1. The number of hydrogen-bond acceptors (Lipinski definition) is 7. The van der Waals surface area contributed by atoms with Gasteiger partial charge in [-0.3, -0.25) is 4.79 Å². The van der Waals surface area contributed by atoms with Gasteiger partial charge in [0.2, 0.25) is 11.7 Å². The Morgan fingerprint density at radius 3 is 2.62 bits per heavy atom. The summed E-state index contributed by atoms with van der Waals surface area (Å²) in [6.07, 6.45) is 2.34. The van der Waals surface area contributed by atoms with Crippen LogP contribution >= 0.6 is 23.2 Å². The summed E-state index contributed by atoms with van der Waals surface area (Å²) in [5.41, 5.74) is 1.12. The summed E-state index contributed by atoms with van der Waals surface area (Å²) in [5.74, 6) is 0.306. The van der Waals surface area contributed by atoms with Crippen LogP contribution in [0.3, 0.4) is 0 Å². The van der Waals surface area contributed by atoms with Crippen LogP contribution in [0.15, 0.2) is 35.0 Å². The van der Waals surface area contributed by atoms with Crippen molar-refractivity contribution in [1.29, 1.82) is 0 Å². The van der Waals surface area contributed by atoms with Crippen LogP contribution in [0.4, 0.5) is 0 Å². The number of rotatable bonds is 7. The van der Waals surface area contributed by atoms with E-state index in [4.69, 9.17) is 42.3 Å². The Balaban J connectivity index is 0.00000193. The molecule has 0 bridgehead atoms. The fraction of sp³-hybridized carbons (Fsp3) is 0.333. The molecule has 2 aromatic heterocycles. The molecule has 0 amide bonds. The largest absolute Gasteiger partial charge is 2.00 e. The standard InChI is InChI=1S/C21H19Cl2N3O5.Mg.2H/c1-10(2)29-20-17(23)7-12(9-24-20)19-25-18(26-31-19)15-4-3-13(8-16(15)22)30-14-5-11(6-14)21(27)28;;;/h3-4,7-11,14H,5-6H2,1-2H3,(H,27,28);;;/q;+2;2*-1. The van der Waals surface area contributed by atoms with Crippen molar-refractivity contribution in [3.63, 3.8) is 0 Å². The van der Waals surface area contributed by atoms with Crippen LogP contribution < -0.4 is 9.47 Å². The number of hydrogen-bond donors (Lipinski definition) is 1. The first kappa shape index (κ1) is 24.6. The summed E-state index contributed by atoms with van der Waals surface area (Å²) in [4.78, 5) is 19.5. The third-order valence-corrected chi connectivity index (χ3v) is 5.34. The minimum Gasteiger partial charge on any atom is -1.00 e. The molecule has 1 N–H and O–H groups in total. The van der Waals surface area contributed by atoms with E-state index in [0.717, 1.165) is 0 Å². The van der Waals surface area contributed by atoms with Gasteiger partial charge in [-0.2, -0.15) is 4.98 Å². The molecular weight excluding hydrogens is 469 g/mol. The van der Waals surface area contributed by atoms with Crippen LogP contribution in [-0.4, -0.2) is 61.5 Å². The first-order valence-electron chi connectivity index (χ1n) is 9.66. The van der Waals surface area contributed by atoms with E-state index in [-0.39, 0.29) is 49.9 Å². The minimum atomic E-state index is -0.792. The summed E-state index contributed by atoms with van der Waals surface area (Å²) in [6.45, 7) is 3.77. The summed E-state index contributed by atoms with van der Waals surface area (Å²) < 4.78 is 16.7. The summed E-state index contributed by atoms with van der Waals surface area (Å²) in [6, 6.07) is 6.76. The van der Waals surface area contributed by atoms with E-state index >= 15 is 0 Å². The Morgan fingerprint density at radius 2 is 2.00 bits per heavy atom. The fourth-order valence-electron chi connectivity index (χ4n) is 3.11. The Hall–Kier alpha value is -2.07. The second-order valence-electron chi connectivity index (χ2n) is 7.49. The Morgan fingerprint density at radius 1 is 1.25 bits per heavy atom. The van der Waals surface area contributed by atoms with Gasteiger partial charge in [0.25, 0.3) is 5.89 Å². The van der Waals surface area contributed by atoms with Gasteiger partial charge in [0.1, 0.15) is 16.9 Å². The molecule has 1 saturated carbocycles. The molecule has 11 heteroatoms. The molecular formula is C21H21Cl2MgN3O5. The molecule has 1 aromatic carbocycles. The van der Waals surface area contributed by atoms with E-state index in [0.29, 0.717) is 51.5 Å². The van der Waals surface area contributed by atoms with Crippen molar-refractivity contribution >= 4 is 52.2 Å². The van der Waals surface area contributed by atoms with Crippen LogP contribution in [0.5, 0.6) is 11.6 Å². The molecule has 0 atom stereocenters. The molecule has 166 valence electrons. The number of nitrogens with zero attached hydrogens (tertiary/aromatic N) is 3. The second-order valence-corrected chi connectivity index (χ2v) is 8.30. The number of aliphatic carboxylic acids is 1. The van der Waals surface area contributed by atoms with Gasteiger partial charge in [-0.15, -0.1) is 0 Å². The maximum atomic E-state index is 10.9. The van der Waals surface area contributed by atoms with E-state index in [2.05, 4.69) is 15.1 Å². The zero-order valence-corrected chi connectivity index (χ0v) is 20.3. The fourth-order valence-corrected chi connectivity index (χ4v) is 3.57. The van der Waals surface area contributed by atoms with E-state index < -0.39 is 5.97 Å². The third-order valence-electron chi connectivity index (χ3n) is 4.76. The molecule has 0 radical (unpaired) electrons. The zero-order valence-electron chi connectivity index (χ0n) is 19.4. The SMILES string of the molecule is CC(C)Oc1ncc(-c2nc(-c3ccc(OC4CC(C(=O)O)C4)cc3Cl)no2)cc1Cl.[H-].[H-].[Mg+2]. The first-order valence-corrected chi connectivity index (χ1v) is 10.4. The second kappa shape index (κ2) is 10.2. The van der Waals surface area contributed by atoms with Crippen LogP contribution in [0, 0.1) is 5.92 Å². The summed E-state index contributed by atoms with van der Waals surface area (Å²) in [7, 11) is 0. The Kier molecular flexibility index (Phi) is 7.86. The van der Waals surface area contributed by atoms with Crippen molar-refractivity contribution in [1.82, 2.24) is 15.1 Å².